The molecular formula is C16H20ClNO2. The molecule has 1 saturated carbocycles. The molecule has 108 valence electrons. The Morgan fingerprint density at radius 3 is 2.60 bits per heavy atom. The van der Waals surface area contributed by atoms with Crippen LogP contribution in [0.25, 0.3) is 0 Å². The molecule has 1 amide bonds. The van der Waals surface area contributed by atoms with Crippen LogP contribution in [0.2, 0.25) is 5.02 Å². The lowest BCUT2D eigenvalue weighted by atomic mass is 9.93. The molecule has 0 spiro atoms. The first-order valence-electron chi connectivity index (χ1n) is 7.34. The van der Waals surface area contributed by atoms with Gasteiger partial charge in [-0.25, -0.2) is 0 Å². The molecule has 1 aliphatic carbocycles. The molecule has 1 aromatic carbocycles. The van der Waals surface area contributed by atoms with E-state index in [1.807, 2.05) is 31.3 Å². The van der Waals surface area contributed by atoms with E-state index in [0.29, 0.717) is 5.02 Å². The highest BCUT2D eigenvalue weighted by atomic mass is 35.5. The fourth-order valence-corrected chi connectivity index (χ4v) is 3.41. The van der Waals surface area contributed by atoms with Gasteiger partial charge in [0.05, 0.1) is 12.0 Å². The summed E-state index contributed by atoms with van der Waals surface area (Å²) in [5.74, 6) is 0.272. The number of amides is 1. The standard InChI is InChI=1S/C16H20ClNO2/c1-18-15(19)13-5-3-2-4-6-14(13)20-16(18)11-7-9-12(17)10-8-11/h7-10,13-14,16H,2-6H2,1H3/t13-,14+,16+/m1/s1. The summed E-state index contributed by atoms with van der Waals surface area (Å²) in [5, 5.41) is 0.700. The van der Waals surface area contributed by atoms with Gasteiger partial charge in [-0.2, -0.15) is 0 Å². The van der Waals surface area contributed by atoms with E-state index >= 15 is 0 Å². The number of carbonyl (C=O) groups excluding carboxylic acids is 1. The van der Waals surface area contributed by atoms with E-state index in [9.17, 15) is 4.79 Å². The highest BCUT2D eigenvalue weighted by molar-refractivity contribution is 6.30. The fourth-order valence-electron chi connectivity index (χ4n) is 3.28. The molecule has 3 rings (SSSR count). The van der Waals surface area contributed by atoms with Crippen LogP contribution in [0.4, 0.5) is 0 Å². The van der Waals surface area contributed by atoms with E-state index in [1.165, 1.54) is 6.42 Å². The zero-order chi connectivity index (χ0) is 14.1. The Morgan fingerprint density at radius 1 is 1.15 bits per heavy atom. The minimum absolute atomic E-state index is 0.0473. The van der Waals surface area contributed by atoms with Crippen LogP contribution in [0.15, 0.2) is 24.3 Å². The van der Waals surface area contributed by atoms with E-state index in [2.05, 4.69) is 0 Å². The topological polar surface area (TPSA) is 29.5 Å². The fraction of sp³-hybridized carbons (Fsp3) is 0.562. The van der Waals surface area contributed by atoms with Crippen molar-refractivity contribution in [3.8, 4) is 0 Å². The maximum absolute atomic E-state index is 12.6. The van der Waals surface area contributed by atoms with Crippen LogP contribution in [0.1, 0.15) is 43.9 Å². The Labute approximate surface area is 124 Å². The molecule has 3 atom stereocenters. The minimum atomic E-state index is -0.279. The van der Waals surface area contributed by atoms with E-state index in [1.54, 1.807) is 4.90 Å². The van der Waals surface area contributed by atoms with Gasteiger partial charge in [0, 0.05) is 17.6 Å². The average molecular weight is 294 g/mol. The van der Waals surface area contributed by atoms with Crippen molar-refractivity contribution >= 4 is 17.5 Å². The van der Waals surface area contributed by atoms with Crippen molar-refractivity contribution in [3.63, 3.8) is 0 Å². The maximum Gasteiger partial charge on any atom is 0.230 e. The van der Waals surface area contributed by atoms with Crippen LogP contribution >= 0.6 is 11.6 Å². The van der Waals surface area contributed by atoms with Crippen LogP contribution in [0, 0.1) is 5.92 Å². The summed E-state index contributed by atoms with van der Waals surface area (Å²) < 4.78 is 6.24. The summed E-state index contributed by atoms with van der Waals surface area (Å²) in [6.07, 6.45) is 5.25. The van der Waals surface area contributed by atoms with Gasteiger partial charge in [-0.05, 0) is 25.0 Å². The van der Waals surface area contributed by atoms with Crippen LogP contribution in [-0.2, 0) is 9.53 Å². The van der Waals surface area contributed by atoms with Crippen LogP contribution in [0.5, 0.6) is 0 Å². The largest absolute Gasteiger partial charge is 0.350 e. The van der Waals surface area contributed by atoms with Gasteiger partial charge in [0.2, 0.25) is 5.91 Å². The second-order valence-electron chi connectivity index (χ2n) is 5.77. The zero-order valence-electron chi connectivity index (χ0n) is 11.7. The van der Waals surface area contributed by atoms with E-state index in [-0.39, 0.29) is 24.2 Å². The van der Waals surface area contributed by atoms with Gasteiger partial charge in [-0.15, -0.1) is 0 Å². The number of carbonyl (C=O) groups is 1. The number of hydrogen-bond acceptors (Lipinski definition) is 2. The summed E-state index contributed by atoms with van der Waals surface area (Å²) in [7, 11) is 1.84. The van der Waals surface area contributed by atoms with Gasteiger partial charge >= 0.3 is 0 Å². The second kappa shape index (κ2) is 5.74. The van der Waals surface area contributed by atoms with Crippen LogP contribution in [-0.4, -0.2) is 24.0 Å². The quantitative estimate of drug-likeness (QED) is 0.789. The number of nitrogens with zero attached hydrogens (tertiary/aromatic N) is 1. The second-order valence-corrected chi connectivity index (χ2v) is 6.21. The lowest BCUT2D eigenvalue weighted by Crippen LogP contribution is -2.49. The molecule has 0 radical (unpaired) electrons. The highest BCUT2D eigenvalue weighted by Crippen LogP contribution is 2.38. The smallest absolute Gasteiger partial charge is 0.230 e. The van der Waals surface area contributed by atoms with E-state index < -0.39 is 0 Å². The minimum Gasteiger partial charge on any atom is -0.350 e. The lowest BCUT2D eigenvalue weighted by Gasteiger charge is -2.41. The molecule has 1 saturated heterocycles. The Morgan fingerprint density at radius 2 is 1.85 bits per heavy atom. The molecule has 0 bridgehead atoms. The summed E-state index contributed by atoms with van der Waals surface area (Å²) in [6.45, 7) is 0. The van der Waals surface area contributed by atoms with Crippen LogP contribution in [0.3, 0.4) is 0 Å². The molecule has 1 aromatic rings. The predicted octanol–water partition coefficient (Wildman–Crippen LogP) is 3.78. The Bertz CT molecular complexity index is 488. The van der Waals surface area contributed by atoms with Gasteiger partial charge in [0.15, 0.2) is 6.23 Å². The van der Waals surface area contributed by atoms with Gasteiger partial charge in [-0.1, -0.05) is 43.0 Å². The zero-order valence-corrected chi connectivity index (χ0v) is 12.5. The van der Waals surface area contributed by atoms with Crippen molar-refractivity contribution in [2.24, 2.45) is 5.92 Å². The molecule has 20 heavy (non-hydrogen) atoms. The van der Waals surface area contributed by atoms with Crippen LogP contribution < -0.4 is 0 Å². The van der Waals surface area contributed by atoms with Gasteiger partial charge in [0.1, 0.15) is 0 Å². The Balaban J connectivity index is 1.85. The summed E-state index contributed by atoms with van der Waals surface area (Å²) >= 11 is 5.93. The molecular weight excluding hydrogens is 274 g/mol. The molecule has 2 fully saturated rings. The van der Waals surface area contributed by atoms with Crippen molar-refractivity contribution in [1.82, 2.24) is 4.90 Å². The third-order valence-corrected chi connectivity index (χ3v) is 4.68. The van der Waals surface area contributed by atoms with Gasteiger partial charge in [-0.3, -0.25) is 4.79 Å². The van der Waals surface area contributed by atoms with Crippen molar-refractivity contribution in [2.45, 2.75) is 44.4 Å². The molecule has 3 nitrogen and oxygen atoms in total. The van der Waals surface area contributed by atoms with Crippen molar-refractivity contribution in [2.75, 3.05) is 7.05 Å². The predicted molar refractivity (Wildman–Crippen MR) is 78.4 cm³/mol. The molecule has 2 aliphatic rings. The first-order valence-corrected chi connectivity index (χ1v) is 7.72. The van der Waals surface area contributed by atoms with Crippen molar-refractivity contribution in [3.05, 3.63) is 34.9 Å². The van der Waals surface area contributed by atoms with E-state index in [4.69, 9.17) is 16.3 Å². The lowest BCUT2D eigenvalue weighted by molar-refractivity contribution is -0.187. The number of benzene rings is 1. The molecule has 1 heterocycles. The third-order valence-electron chi connectivity index (χ3n) is 4.43. The summed E-state index contributed by atoms with van der Waals surface area (Å²) in [4.78, 5) is 14.3. The Hall–Kier alpha value is -1.06. The summed E-state index contributed by atoms with van der Waals surface area (Å²) in [6, 6.07) is 7.57. The maximum atomic E-state index is 12.6. The molecule has 4 heteroatoms. The molecule has 0 unspecified atom stereocenters. The normalized spacial score (nSPS) is 30.8. The summed E-state index contributed by atoms with van der Waals surface area (Å²) in [5.41, 5.74) is 0.993. The average Bonchev–Trinajstić information content (AvgIpc) is 2.69. The van der Waals surface area contributed by atoms with Crippen molar-refractivity contribution < 1.29 is 9.53 Å². The number of fused-ring (bicyclic) bond motifs is 1. The molecule has 0 N–H and O–H groups in total. The number of hydrogen-bond donors (Lipinski definition) is 0. The van der Waals surface area contributed by atoms with Gasteiger partial charge in [0.25, 0.3) is 0 Å². The van der Waals surface area contributed by atoms with Gasteiger partial charge < -0.3 is 9.64 Å². The van der Waals surface area contributed by atoms with E-state index in [0.717, 1.165) is 31.2 Å². The first-order chi connectivity index (χ1) is 9.66. The molecule has 0 aromatic heterocycles. The number of rotatable bonds is 1. The third kappa shape index (κ3) is 2.57. The number of halogens is 1. The molecule has 1 aliphatic heterocycles. The number of ether oxygens (including phenoxy) is 1. The monoisotopic (exact) mass is 293 g/mol. The SMILES string of the molecule is CN1C(=O)[C@@H]2CCCCC[C@@H]2O[C@H]1c1ccc(Cl)cc1. The first kappa shape index (κ1) is 13.9. The van der Waals surface area contributed by atoms with Crippen molar-refractivity contribution in [1.29, 1.82) is 0 Å². The highest BCUT2D eigenvalue weighted by Gasteiger charge is 2.41. The Kier molecular flexibility index (Phi) is 3.99.